The van der Waals surface area contributed by atoms with Crippen LogP contribution in [0.25, 0.3) is 0 Å². The van der Waals surface area contributed by atoms with E-state index in [9.17, 15) is 0 Å². The molecule has 3 nitrogen and oxygen atoms in total. The lowest BCUT2D eigenvalue weighted by Gasteiger charge is -2.33. The van der Waals surface area contributed by atoms with Gasteiger partial charge in [-0.3, -0.25) is 0 Å². The Hall–Kier alpha value is -0.830. The van der Waals surface area contributed by atoms with Crippen molar-refractivity contribution in [2.24, 2.45) is 5.92 Å². The molecule has 1 fully saturated rings. The van der Waals surface area contributed by atoms with E-state index in [-0.39, 0.29) is 0 Å². The van der Waals surface area contributed by atoms with Gasteiger partial charge in [0.05, 0.1) is 18.1 Å². The smallest absolute Gasteiger partial charge is 0.0925 e. The van der Waals surface area contributed by atoms with Crippen molar-refractivity contribution in [3.05, 3.63) is 17.7 Å². The van der Waals surface area contributed by atoms with Crippen LogP contribution in [-0.4, -0.2) is 16.5 Å². The Morgan fingerprint density at radius 3 is 2.93 bits per heavy atom. The lowest BCUT2D eigenvalue weighted by atomic mass is 9.81. The van der Waals surface area contributed by atoms with Crippen LogP contribution in [0.2, 0.25) is 0 Å². The number of H-pyrrole nitrogens is 1. The Labute approximate surface area is 90.7 Å². The fourth-order valence-corrected chi connectivity index (χ4v) is 3.11. The van der Waals surface area contributed by atoms with Crippen molar-refractivity contribution in [3.8, 4) is 0 Å². The maximum absolute atomic E-state index is 4.50. The molecule has 0 aromatic carbocycles. The van der Waals surface area contributed by atoms with Gasteiger partial charge in [-0.15, -0.1) is 0 Å². The highest BCUT2D eigenvalue weighted by molar-refractivity contribution is 5.20. The summed E-state index contributed by atoms with van der Waals surface area (Å²) in [7, 11) is 0. The van der Waals surface area contributed by atoms with E-state index in [1.807, 2.05) is 6.33 Å². The molecule has 3 heteroatoms. The van der Waals surface area contributed by atoms with Crippen LogP contribution in [0.5, 0.6) is 0 Å². The van der Waals surface area contributed by atoms with E-state index in [0.29, 0.717) is 6.04 Å². The number of hydrogen-bond donors (Lipinski definition) is 2. The van der Waals surface area contributed by atoms with Crippen molar-refractivity contribution in [2.45, 2.75) is 44.6 Å². The van der Waals surface area contributed by atoms with Crippen molar-refractivity contribution in [3.63, 3.8) is 0 Å². The number of nitrogens with one attached hydrogen (secondary N) is 2. The second kappa shape index (κ2) is 3.97. The second-order valence-electron chi connectivity index (χ2n) is 4.85. The fourth-order valence-electron chi connectivity index (χ4n) is 3.11. The van der Waals surface area contributed by atoms with Crippen molar-refractivity contribution in [2.75, 3.05) is 6.54 Å². The Morgan fingerprint density at radius 1 is 1.20 bits per heavy atom. The number of fused-ring (bicyclic) bond motifs is 1. The quantitative estimate of drug-likeness (QED) is 0.737. The third-order valence-electron chi connectivity index (χ3n) is 3.91. The van der Waals surface area contributed by atoms with Gasteiger partial charge < -0.3 is 10.3 Å². The minimum Gasteiger partial charge on any atom is -0.348 e. The molecule has 2 aliphatic rings. The van der Waals surface area contributed by atoms with Crippen LogP contribution in [0, 0.1) is 5.92 Å². The summed E-state index contributed by atoms with van der Waals surface area (Å²) in [4.78, 5) is 7.77. The second-order valence-corrected chi connectivity index (χ2v) is 4.85. The SMILES string of the molecule is c1nc2c([nH]1)CCNC2C1CCCCC1. The Bertz CT molecular complexity index is 325. The molecule has 1 aliphatic heterocycles. The molecule has 0 bridgehead atoms. The number of aromatic nitrogens is 2. The molecule has 1 aromatic rings. The van der Waals surface area contributed by atoms with Crippen molar-refractivity contribution < 1.29 is 0 Å². The monoisotopic (exact) mass is 205 g/mol. The van der Waals surface area contributed by atoms with Gasteiger partial charge in [0.1, 0.15) is 0 Å². The van der Waals surface area contributed by atoms with E-state index in [4.69, 9.17) is 0 Å². The summed E-state index contributed by atoms with van der Waals surface area (Å²) in [5.74, 6) is 0.820. The van der Waals surface area contributed by atoms with Gasteiger partial charge in [0.25, 0.3) is 0 Å². The highest BCUT2D eigenvalue weighted by Gasteiger charge is 2.30. The summed E-state index contributed by atoms with van der Waals surface area (Å²) in [5, 5.41) is 3.65. The first kappa shape index (κ1) is 9.40. The summed E-state index contributed by atoms with van der Waals surface area (Å²) in [6, 6.07) is 0.528. The molecule has 1 unspecified atom stereocenters. The number of aromatic amines is 1. The van der Waals surface area contributed by atoms with Gasteiger partial charge >= 0.3 is 0 Å². The molecular weight excluding hydrogens is 186 g/mol. The van der Waals surface area contributed by atoms with Gasteiger partial charge in [0.2, 0.25) is 0 Å². The van der Waals surface area contributed by atoms with E-state index >= 15 is 0 Å². The van der Waals surface area contributed by atoms with Gasteiger partial charge in [0, 0.05) is 18.7 Å². The van der Waals surface area contributed by atoms with Gasteiger partial charge in [-0.05, 0) is 18.8 Å². The molecule has 0 spiro atoms. The normalized spacial score (nSPS) is 27.6. The van der Waals surface area contributed by atoms with Gasteiger partial charge in [-0.1, -0.05) is 19.3 Å². The van der Waals surface area contributed by atoms with Crippen molar-refractivity contribution in [1.29, 1.82) is 0 Å². The highest BCUT2D eigenvalue weighted by Crippen LogP contribution is 2.35. The predicted octanol–water partition coefficient (Wildman–Crippen LogP) is 2.18. The number of nitrogens with zero attached hydrogens (tertiary/aromatic N) is 1. The standard InChI is InChI=1S/C12H19N3/c1-2-4-9(5-3-1)11-12-10(6-7-13-11)14-8-15-12/h8-9,11,13H,1-7H2,(H,14,15). The molecule has 0 saturated heterocycles. The zero-order valence-electron chi connectivity index (χ0n) is 9.13. The van der Waals surface area contributed by atoms with Gasteiger partial charge in [-0.2, -0.15) is 0 Å². The van der Waals surface area contributed by atoms with Crippen LogP contribution < -0.4 is 5.32 Å². The molecule has 1 atom stereocenters. The average molecular weight is 205 g/mol. The zero-order valence-corrected chi connectivity index (χ0v) is 9.13. The Balaban J connectivity index is 1.82. The maximum Gasteiger partial charge on any atom is 0.0925 e. The number of imidazole rings is 1. The summed E-state index contributed by atoms with van der Waals surface area (Å²) in [5.41, 5.74) is 2.66. The molecular formula is C12H19N3. The molecule has 82 valence electrons. The highest BCUT2D eigenvalue weighted by atomic mass is 15.0. The Kier molecular flexibility index (Phi) is 2.49. The third-order valence-corrected chi connectivity index (χ3v) is 3.91. The molecule has 3 rings (SSSR count). The lowest BCUT2D eigenvalue weighted by molar-refractivity contribution is 0.261. The predicted molar refractivity (Wildman–Crippen MR) is 59.6 cm³/mol. The molecule has 1 aromatic heterocycles. The van der Waals surface area contributed by atoms with E-state index in [1.165, 1.54) is 43.5 Å². The first-order valence-electron chi connectivity index (χ1n) is 6.20. The van der Waals surface area contributed by atoms with Crippen LogP contribution >= 0.6 is 0 Å². The summed E-state index contributed by atoms with van der Waals surface area (Å²) >= 11 is 0. The minimum atomic E-state index is 0.528. The third kappa shape index (κ3) is 1.69. The topological polar surface area (TPSA) is 40.7 Å². The minimum absolute atomic E-state index is 0.528. The van der Waals surface area contributed by atoms with Crippen LogP contribution in [0.3, 0.4) is 0 Å². The van der Waals surface area contributed by atoms with Gasteiger partial charge in [-0.25, -0.2) is 4.98 Å². The van der Waals surface area contributed by atoms with E-state index in [2.05, 4.69) is 15.3 Å². The average Bonchev–Trinajstić information content (AvgIpc) is 2.78. The molecule has 1 saturated carbocycles. The van der Waals surface area contributed by atoms with Crippen LogP contribution in [0.1, 0.15) is 49.5 Å². The molecule has 2 heterocycles. The fraction of sp³-hybridized carbons (Fsp3) is 0.750. The van der Waals surface area contributed by atoms with Crippen molar-refractivity contribution in [1.82, 2.24) is 15.3 Å². The van der Waals surface area contributed by atoms with Crippen molar-refractivity contribution >= 4 is 0 Å². The Morgan fingerprint density at radius 2 is 2.07 bits per heavy atom. The van der Waals surface area contributed by atoms with Gasteiger partial charge in [0.15, 0.2) is 0 Å². The number of rotatable bonds is 1. The van der Waals surface area contributed by atoms with E-state index < -0.39 is 0 Å². The summed E-state index contributed by atoms with van der Waals surface area (Å²) < 4.78 is 0. The van der Waals surface area contributed by atoms with Crippen LogP contribution in [0.4, 0.5) is 0 Å². The molecule has 2 N–H and O–H groups in total. The summed E-state index contributed by atoms with van der Waals surface area (Å²) in [6.45, 7) is 1.11. The molecule has 0 radical (unpaired) electrons. The number of hydrogen-bond acceptors (Lipinski definition) is 2. The maximum atomic E-state index is 4.50. The largest absolute Gasteiger partial charge is 0.348 e. The first-order valence-corrected chi connectivity index (χ1v) is 6.20. The van der Waals surface area contributed by atoms with E-state index in [0.717, 1.165) is 18.9 Å². The first-order chi connectivity index (χ1) is 7.45. The lowest BCUT2D eigenvalue weighted by Crippen LogP contribution is -2.35. The molecule has 1 aliphatic carbocycles. The van der Waals surface area contributed by atoms with Crippen LogP contribution in [-0.2, 0) is 6.42 Å². The zero-order chi connectivity index (χ0) is 10.1. The summed E-state index contributed by atoms with van der Waals surface area (Å²) in [6.07, 6.45) is 9.96. The molecule has 15 heavy (non-hydrogen) atoms. The van der Waals surface area contributed by atoms with Crippen LogP contribution in [0.15, 0.2) is 6.33 Å². The molecule has 0 amide bonds. The van der Waals surface area contributed by atoms with E-state index in [1.54, 1.807) is 0 Å².